The molecule has 0 unspecified atom stereocenters. The van der Waals surface area contributed by atoms with E-state index in [1.54, 1.807) is 12.1 Å². The number of nitrogens with zero attached hydrogens (tertiary/aromatic N) is 1. The van der Waals surface area contributed by atoms with Gasteiger partial charge in [0.15, 0.2) is 0 Å². The Hall–Kier alpha value is -2.34. The van der Waals surface area contributed by atoms with E-state index in [0.29, 0.717) is 22.1 Å². The zero-order chi connectivity index (χ0) is 18.0. The van der Waals surface area contributed by atoms with Crippen LogP contribution in [0.3, 0.4) is 0 Å². The number of anilines is 3. The van der Waals surface area contributed by atoms with Crippen molar-refractivity contribution in [1.29, 1.82) is 0 Å². The van der Waals surface area contributed by atoms with Crippen LogP contribution in [0.2, 0.25) is 5.02 Å². The molecular weight excluding hydrogens is 342 g/mol. The summed E-state index contributed by atoms with van der Waals surface area (Å²) >= 11 is 5.94. The van der Waals surface area contributed by atoms with Crippen molar-refractivity contribution in [2.45, 2.75) is 26.2 Å². The fourth-order valence-corrected chi connectivity index (χ4v) is 3.20. The first-order chi connectivity index (χ1) is 12.0. The lowest BCUT2D eigenvalue weighted by molar-refractivity contribution is -0.115. The molecule has 6 nitrogen and oxygen atoms in total. The molecule has 3 rings (SSSR count). The van der Waals surface area contributed by atoms with Gasteiger partial charge in [0.1, 0.15) is 11.4 Å². The van der Waals surface area contributed by atoms with Gasteiger partial charge in [-0.3, -0.25) is 14.4 Å². The average molecular weight is 362 g/mol. The number of amides is 1. The lowest BCUT2D eigenvalue weighted by Crippen LogP contribution is -2.42. The van der Waals surface area contributed by atoms with Crippen molar-refractivity contribution in [3.63, 3.8) is 0 Å². The van der Waals surface area contributed by atoms with Gasteiger partial charge in [-0.2, -0.15) is 0 Å². The normalized spacial score (nSPS) is 14.1. The van der Waals surface area contributed by atoms with E-state index in [4.69, 9.17) is 11.6 Å². The van der Waals surface area contributed by atoms with E-state index in [1.807, 2.05) is 17.9 Å². The molecule has 0 radical (unpaired) electrons. The number of carbonyl (C=O) groups is 1. The van der Waals surface area contributed by atoms with Crippen LogP contribution in [-0.2, 0) is 4.79 Å². The van der Waals surface area contributed by atoms with Gasteiger partial charge in [0.2, 0.25) is 5.91 Å². The molecule has 0 saturated carbocycles. The van der Waals surface area contributed by atoms with Crippen LogP contribution < -0.4 is 26.4 Å². The van der Waals surface area contributed by atoms with Gasteiger partial charge >= 0.3 is 0 Å². The highest BCUT2D eigenvalue weighted by Crippen LogP contribution is 2.24. The number of aryl methyl sites for hydroxylation is 1. The summed E-state index contributed by atoms with van der Waals surface area (Å²) in [6.45, 7) is 3.77. The van der Waals surface area contributed by atoms with Crippen LogP contribution in [0.5, 0.6) is 0 Å². The number of hydrogen-bond donors (Lipinski definition) is 2. The van der Waals surface area contributed by atoms with Gasteiger partial charge in [0, 0.05) is 36.8 Å². The van der Waals surface area contributed by atoms with Crippen LogP contribution in [0.25, 0.3) is 0 Å². The number of rotatable bonds is 6. The van der Waals surface area contributed by atoms with Crippen molar-refractivity contribution in [1.82, 2.24) is 0 Å². The molecule has 0 atom stereocenters. The highest BCUT2D eigenvalue weighted by atomic mass is 35.5. The molecule has 1 aliphatic rings. The van der Waals surface area contributed by atoms with Crippen molar-refractivity contribution in [3.05, 3.63) is 49.2 Å². The molecule has 1 fully saturated rings. The molecule has 1 amide bonds. The second-order valence-electron chi connectivity index (χ2n) is 6.26. The summed E-state index contributed by atoms with van der Waals surface area (Å²) in [5, 5.41) is 6.31. The number of benzene rings is 1. The highest BCUT2D eigenvalue weighted by molar-refractivity contribution is 6.31. The summed E-state index contributed by atoms with van der Waals surface area (Å²) in [5.41, 5.74) is 1.50. The Morgan fingerprint density at radius 2 is 1.92 bits per heavy atom. The molecule has 0 bridgehead atoms. The lowest BCUT2D eigenvalue weighted by Gasteiger charge is -2.22. The summed E-state index contributed by atoms with van der Waals surface area (Å²) in [6.07, 6.45) is 2.24. The second-order valence-corrected chi connectivity index (χ2v) is 6.70. The van der Waals surface area contributed by atoms with Crippen LogP contribution in [0, 0.1) is 6.92 Å². The molecule has 0 aromatic heterocycles. The zero-order valence-corrected chi connectivity index (χ0v) is 14.8. The Kier molecular flexibility index (Phi) is 5.08. The molecule has 7 heteroatoms. The summed E-state index contributed by atoms with van der Waals surface area (Å²) in [5.74, 6) is -0.181. The number of carbonyl (C=O) groups excluding carboxylic acids is 1. The van der Waals surface area contributed by atoms with Gasteiger partial charge in [-0.25, -0.2) is 0 Å². The maximum atomic E-state index is 12.1. The molecule has 2 aromatic carbocycles. The highest BCUT2D eigenvalue weighted by Gasteiger charge is 2.27. The quantitative estimate of drug-likeness (QED) is 0.772. The third-order valence-corrected chi connectivity index (χ3v) is 4.67. The van der Waals surface area contributed by atoms with E-state index in [2.05, 4.69) is 10.6 Å². The van der Waals surface area contributed by atoms with Gasteiger partial charge in [-0.1, -0.05) is 17.7 Å². The van der Waals surface area contributed by atoms with Gasteiger partial charge in [-0.05, 0) is 37.5 Å². The number of hydrogen-bond acceptors (Lipinski definition) is 5. The van der Waals surface area contributed by atoms with Gasteiger partial charge in [0.25, 0.3) is 10.9 Å². The van der Waals surface area contributed by atoms with Crippen LogP contribution in [0.15, 0.2) is 27.8 Å². The minimum atomic E-state index is -0.493. The number of nitrogens with one attached hydrogen (secondary N) is 2. The van der Waals surface area contributed by atoms with E-state index >= 15 is 0 Å². The van der Waals surface area contributed by atoms with Crippen molar-refractivity contribution >= 4 is 34.6 Å². The minimum Gasteiger partial charge on any atom is -0.379 e. The fraction of sp³-hybridized carbons (Fsp3) is 0.389. The summed E-state index contributed by atoms with van der Waals surface area (Å²) in [6, 6.07) is 5.30. The molecule has 0 aliphatic carbocycles. The van der Waals surface area contributed by atoms with Gasteiger partial charge in [0.05, 0.1) is 0 Å². The molecule has 132 valence electrons. The van der Waals surface area contributed by atoms with Crippen molar-refractivity contribution in [2.75, 3.05) is 35.2 Å². The largest absolute Gasteiger partial charge is 0.379 e. The molecule has 25 heavy (non-hydrogen) atoms. The lowest BCUT2D eigenvalue weighted by atomic mass is 10.1. The Balaban J connectivity index is 1.56. The first-order valence-electron chi connectivity index (χ1n) is 8.35. The predicted molar refractivity (Wildman–Crippen MR) is 101 cm³/mol. The smallest absolute Gasteiger partial charge is 0.253 e. The Bertz CT molecular complexity index is 865. The zero-order valence-electron chi connectivity index (χ0n) is 14.0. The fourth-order valence-electron chi connectivity index (χ4n) is 3.03. The molecule has 2 aromatic rings. The Labute approximate surface area is 150 Å². The van der Waals surface area contributed by atoms with Crippen molar-refractivity contribution in [3.8, 4) is 0 Å². The molecule has 1 saturated heterocycles. The number of halogens is 1. The summed E-state index contributed by atoms with van der Waals surface area (Å²) in [7, 11) is 0. The monoisotopic (exact) mass is 361 g/mol. The Morgan fingerprint density at radius 1 is 1.20 bits per heavy atom. The van der Waals surface area contributed by atoms with Crippen LogP contribution >= 0.6 is 11.6 Å². The van der Waals surface area contributed by atoms with E-state index < -0.39 is 10.9 Å². The third kappa shape index (κ3) is 3.69. The molecule has 0 spiro atoms. The Morgan fingerprint density at radius 3 is 2.64 bits per heavy atom. The predicted octanol–water partition coefficient (Wildman–Crippen LogP) is 2.29. The first-order valence-corrected chi connectivity index (χ1v) is 8.73. The minimum absolute atomic E-state index is 0.181. The molecule has 2 N–H and O–H groups in total. The summed E-state index contributed by atoms with van der Waals surface area (Å²) < 4.78 is 0. The maximum absolute atomic E-state index is 12.1. The molecule has 1 heterocycles. The maximum Gasteiger partial charge on any atom is 0.253 e. The second kappa shape index (κ2) is 7.27. The van der Waals surface area contributed by atoms with Crippen molar-refractivity contribution < 1.29 is 4.79 Å². The van der Waals surface area contributed by atoms with Gasteiger partial charge < -0.3 is 15.5 Å². The van der Waals surface area contributed by atoms with E-state index in [1.165, 1.54) is 0 Å². The van der Waals surface area contributed by atoms with E-state index in [-0.39, 0.29) is 18.9 Å². The SMILES string of the molecule is Cc1ccc(Cl)cc1NC(=O)CCNc1c(N2CCCC2)c(=O)c1=O. The van der Waals surface area contributed by atoms with Gasteiger partial charge in [-0.15, -0.1) is 0 Å². The third-order valence-electron chi connectivity index (χ3n) is 4.44. The van der Waals surface area contributed by atoms with Crippen LogP contribution in [-0.4, -0.2) is 25.5 Å². The summed E-state index contributed by atoms with van der Waals surface area (Å²) in [4.78, 5) is 37.6. The van der Waals surface area contributed by atoms with Crippen LogP contribution in [0.1, 0.15) is 24.8 Å². The standard InChI is InChI=1S/C18H20ClN3O3/c1-11-4-5-12(19)10-13(11)21-14(23)6-7-20-15-16(18(25)17(15)24)22-8-2-3-9-22/h4-5,10,20H,2-3,6-9H2,1H3,(H,21,23). The molecule has 1 aliphatic heterocycles. The van der Waals surface area contributed by atoms with Crippen molar-refractivity contribution in [2.24, 2.45) is 0 Å². The van der Waals surface area contributed by atoms with E-state index in [9.17, 15) is 14.4 Å². The van der Waals surface area contributed by atoms with E-state index in [0.717, 1.165) is 31.5 Å². The first kappa shape index (κ1) is 17.5. The van der Waals surface area contributed by atoms with Crippen LogP contribution in [0.4, 0.5) is 17.1 Å². The average Bonchev–Trinajstić information content (AvgIpc) is 3.10. The molecular formula is C18H20ClN3O3. The topological polar surface area (TPSA) is 78.5 Å².